The highest BCUT2D eigenvalue weighted by Crippen LogP contribution is 2.15. The molecule has 0 bridgehead atoms. The summed E-state index contributed by atoms with van der Waals surface area (Å²) in [5.41, 5.74) is 3.34. The fourth-order valence-electron chi connectivity index (χ4n) is 2.42. The maximum Gasteiger partial charge on any atom is 0.261 e. The first kappa shape index (κ1) is 16.4. The van der Waals surface area contributed by atoms with Gasteiger partial charge in [0.25, 0.3) is 5.56 Å². The number of halogens is 1. The minimum absolute atomic E-state index is 0.0821. The van der Waals surface area contributed by atoms with Gasteiger partial charge in [-0.1, -0.05) is 22.0 Å². The Labute approximate surface area is 147 Å². The van der Waals surface area contributed by atoms with Crippen molar-refractivity contribution in [2.45, 2.75) is 20.4 Å². The zero-order chi connectivity index (χ0) is 17.3. The lowest BCUT2D eigenvalue weighted by atomic mass is 10.1. The van der Waals surface area contributed by atoms with Gasteiger partial charge in [-0.25, -0.2) is 4.98 Å². The standard InChI is InChI=1S/C18H16BrN3O2/c1-11-3-5-14(7-12(11)2)21-17(23)9-22-10-20-16-6-4-13(19)8-15(16)18(22)24/h3-8,10H,9H2,1-2H3,(H,21,23). The number of benzene rings is 2. The lowest BCUT2D eigenvalue weighted by Gasteiger charge is -2.09. The highest BCUT2D eigenvalue weighted by atomic mass is 79.9. The molecule has 2 aromatic carbocycles. The van der Waals surface area contributed by atoms with Gasteiger partial charge in [-0.05, 0) is 55.3 Å². The number of amides is 1. The summed E-state index contributed by atoms with van der Waals surface area (Å²) in [5.74, 6) is -0.267. The Morgan fingerprint density at radius 1 is 1.17 bits per heavy atom. The molecule has 3 rings (SSSR count). The lowest BCUT2D eigenvalue weighted by Crippen LogP contribution is -2.27. The molecule has 1 amide bonds. The number of fused-ring (bicyclic) bond motifs is 1. The van der Waals surface area contributed by atoms with Crippen LogP contribution in [-0.4, -0.2) is 15.5 Å². The van der Waals surface area contributed by atoms with Crippen molar-refractivity contribution in [2.24, 2.45) is 0 Å². The Hall–Kier alpha value is -2.47. The number of aryl methyl sites for hydroxylation is 2. The van der Waals surface area contributed by atoms with Gasteiger partial charge in [0, 0.05) is 10.2 Å². The van der Waals surface area contributed by atoms with Crippen molar-refractivity contribution in [2.75, 3.05) is 5.32 Å². The summed E-state index contributed by atoms with van der Waals surface area (Å²) in [6.07, 6.45) is 1.40. The van der Waals surface area contributed by atoms with Gasteiger partial charge < -0.3 is 5.32 Å². The molecular formula is C18H16BrN3O2. The summed E-state index contributed by atoms with van der Waals surface area (Å²) in [7, 11) is 0. The quantitative estimate of drug-likeness (QED) is 0.751. The molecule has 0 aliphatic carbocycles. The van der Waals surface area contributed by atoms with Gasteiger partial charge >= 0.3 is 0 Å². The van der Waals surface area contributed by atoms with Crippen LogP contribution in [0, 0.1) is 13.8 Å². The van der Waals surface area contributed by atoms with Crippen molar-refractivity contribution in [3.05, 3.63) is 68.7 Å². The number of anilines is 1. The number of hydrogen-bond acceptors (Lipinski definition) is 3. The van der Waals surface area contributed by atoms with Crippen molar-refractivity contribution < 1.29 is 4.79 Å². The number of nitrogens with one attached hydrogen (secondary N) is 1. The Bertz CT molecular complexity index is 995. The highest BCUT2D eigenvalue weighted by molar-refractivity contribution is 9.10. The van der Waals surface area contributed by atoms with E-state index in [-0.39, 0.29) is 18.0 Å². The molecule has 0 unspecified atom stereocenters. The number of aromatic nitrogens is 2. The second-order valence-electron chi connectivity index (χ2n) is 5.69. The van der Waals surface area contributed by atoms with Crippen molar-refractivity contribution >= 4 is 38.4 Å². The minimum atomic E-state index is -0.267. The molecule has 6 heteroatoms. The number of nitrogens with zero attached hydrogens (tertiary/aromatic N) is 2. The first-order valence-electron chi connectivity index (χ1n) is 7.46. The molecule has 0 aliphatic rings. The van der Waals surface area contributed by atoms with Crippen LogP contribution < -0.4 is 10.9 Å². The van der Waals surface area contributed by atoms with E-state index in [4.69, 9.17) is 0 Å². The molecule has 1 heterocycles. The number of rotatable bonds is 3. The van der Waals surface area contributed by atoms with Crippen LogP contribution in [0.2, 0.25) is 0 Å². The molecule has 122 valence electrons. The van der Waals surface area contributed by atoms with Crippen LogP contribution in [0.4, 0.5) is 5.69 Å². The molecule has 0 atom stereocenters. The van der Waals surface area contributed by atoms with Gasteiger partial charge in [-0.2, -0.15) is 0 Å². The van der Waals surface area contributed by atoms with Crippen molar-refractivity contribution in [1.29, 1.82) is 0 Å². The van der Waals surface area contributed by atoms with Crippen molar-refractivity contribution in [3.63, 3.8) is 0 Å². The third-order valence-electron chi connectivity index (χ3n) is 3.89. The first-order valence-corrected chi connectivity index (χ1v) is 8.25. The van der Waals surface area contributed by atoms with E-state index in [9.17, 15) is 9.59 Å². The van der Waals surface area contributed by atoms with Crippen LogP contribution >= 0.6 is 15.9 Å². The van der Waals surface area contributed by atoms with E-state index in [1.165, 1.54) is 10.9 Å². The molecule has 0 aliphatic heterocycles. The highest BCUT2D eigenvalue weighted by Gasteiger charge is 2.09. The maximum absolute atomic E-state index is 12.5. The smallest absolute Gasteiger partial charge is 0.261 e. The summed E-state index contributed by atoms with van der Waals surface area (Å²) < 4.78 is 2.11. The summed E-state index contributed by atoms with van der Waals surface area (Å²) in [6, 6.07) is 11.0. The predicted octanol–water partition coefficient (Wildman–Crippen LogP) is 3.41. The third kappa shape index (κ3) is 3.38. The largest absolute Gasteiger partial charge is 0.325 e. The zero-order valence-electron chi connectivity index (χ0n) is 13.3. The van der Waals surface area contributed by atoms with Crippen LogP contribution in [-0.2, 0) is 11.3 Å². The third-order valence-corrected chi connectivity index (χ3v) is 4.38. The SMILES string of the molecule is Cc1ccc(NC(=O)Cn2cnc3ccc(Br)cc3c2=O)cc1C. The topological polar surface area (TPSA) is 64.0 Å². The summed E-state index contributed by atoms with van der Waals surface area (Å²) in [5, 5.41) is 3.29. The predicted molar refractivity (Wildman–Crippen MR) is 98.2 cm³/mol. The van der Waals surface area contributed by atoms with Gasteiger partial charge in [0.2, 0.25) is 5.91 Å². The molecule has 0 radical (unpaired) electrons. The van der Waals surface area contributed by atoms with Gasteiger partial charge in [0.1, 0.15) is 6.54 Å². The second-order valence-corrected chi connectivity index (χ2v) is 6.60. The molecule has 24 heavy (non-hydrogen) atoms. The molecule has 0 fully saturated rings. The van der Waals surface area contributed by atoms with Crippen LogP contribution in [0.25, 0.3) is 10.9 Å². The minimum Gasteiger partial charge on any atom is -0.325 e. The summed E-state index contributed by atoms with van der Waals surface area (Å²) >= 11 is 3.34. The van der Waals surface area contributed by atoms with Gasteiger partial charge in [-0.3, -0.25) is 14.2 Å². The Morgan fingerprint density at radius 3 is 2.71 bits per heavy atom. The van der Waals surface area contributed by atoms with E-state index in [1.54, 1.807) is 12.1 Å². The zero-order valence-corrected chi connectivity index (χ0v) is 14.9. The normalized spacial score (nSPS) is 10.8. The van der Waals surface area contributed by atoms with Crippen LogP contribution in [0.5, 0.6) is 0 Å². The van der Waals surface area contributed by atoms with Crippen molar-refractivity contribution in [1.82, 2.24) is 9.55 Å². The second kappa shape index (κ2) is 6.57. The summed E-state index contributed by atoms with van der Waals surface area (Å²) in [4.78, 5) is 28.9. The van der Waals surface area contributed by atoms with Gasteiger partial charge in [0.15, 0.2) is 0 Å². The molecular weight excluding hydrogens is 370 g/mol. The number of carbonyl (C=O) groups is 1. The average Bonchev–Trinajstić information content (AvgIpc) is 2.54. The molecule has 1 aromatic heterocycles. The van der Waals surface area contributed by atoms with E-state index in [1.807, 2.05) is 38.1 Å². The van der Waals surface area contributed by atoms with Crippen LogP contribution in [0.1, 0.15) is 11.1 Å². The Balaban J connectivity index is 1.84. The van der Waals surface area contributed by atoms with Crippen molar-refractivity contribution in [3.8, 4) is 0 Å². The maximum atomic E-state index is 12.5. The van der Waals surface area contributed by atoms with Gasteiger partial charge in [-0.15, -0.1) is 0 Å². The molecule has 5 nitrogen and oxygen atoms in total. The first-order chi connectivity index (χ1) is 11.4. The van der Waals surface area contributed by atoms with Crippen LogP contribution in [0.15, 0.2) is 52.0 Å². The lowest BCUT2D eigenvalue weighted by molar-refractivity contribution is -0.116. The molecule has 1 N–H and O–H groups in total. The van der Waals surface area contributed by atoms with Crippen LogP contribution in [0.3, 0.4) is 0 Å². The molecule has 0 spiro atoms. The monoisotopic (exact) mass is 385 g/mol. The van der Waals surface area contributed by atoms with E-state index >= 15 is 0 Å². The average molecular weight is 386 g/mol. The molecule has 0 saturated heterocycles. The summed E-state index contributed by atoms with van der Waals surface area (Å²) in [6.45, 7) is 3.92. The van der Waals surface area contributed by atoms with E-state index in [2.05, 4.69) is 26.2 Å². The van der Waals surface area contributed by atoms with Gasteiger partial charge in [0.05, 0.1) is 17.2 Å². The van der Waals surface area contributed by atoms with E-state index in [0.717, 1.165) is 15.6 Å². The fourth-order valence-corrected chi connectivity index (χ4v) is 2.78. The molecule has 3 aromatic rings. The van der Waals surface area contributed by atoms with E-state index in [0.29, 0.717) is 16.6 Å². The molecule has 0 saturated carbocycles. The number of hydrogen-bond donors (Lipinski definition) is 1. The van der Waals surface area contributed by atoms with E-state index < -0.39 is 0 Å². The Kier molecular flexibility index (Phi) is 4.49. The Morgan fingerprint density at radius 2 is 1.96 bits per heavy atom. The number of carbonyl (C=O) groups excluding carboxylic acids is 1. The fraction of sp³-hybridized carbons (Fsp3) is 0.167.